The lowest BCUT2D eigenvalue weighted by Crippen LogP contribution is -2.34. The van der Waals surface area contributed by atoms with E-state index >= 15 is 0 Å². The van der Waals surface area contributed by atoms with E-state index in [1.807, 2.05) is 24.3 Å². The van der Waals surface area contributed by atoms with E-state index in [1.165, 1.54) is 23.9 Å². The van der Waals surface area contributed by atoms with Crippen LogP contribution in [0.4, 0.5) is 10.1 Å². The van der Waals surface area contributed by atoms with Crippen molar-refractivity contribution in [3.63, 3.8) is 0 Å². The predicted octanol–water partition coefficient (Wildman–Crippen LogP) is 4.45. The molecule has 0 bridgehead atoms. The predicted molar refractivity (Wildman–Crippen MR) is 103 cm³/mol. The summed E-state index contributed by atoms with van der Waals surface area (Å²) in [4.78, 5) is 23.2. The van der Waals surface area contributed by atoms with Crippen molar-refractivity contribution in [3.05, 3.63) is 65.5 Å². The molecule has 0 heterocycles. The Labute approximate surface area is 156 Å². The zero-order valence-electron chi connectivity index (χ0n) is 14.8. The fraction of sp³-hybridized carbons (Fsp3) is 0.300. The summed E-state index contributed by atoms with van der Waals surface area (Å²) < 4.78 is 13.1. The third-order valence-corrected chi connectivity index (χ3v) is 5.08. The van der Waals surface area contributed by atoms with Gasteiger partial charge in [0.15, 0.2) is 0 Å². The number of anilines is 1. The first-order valence-electron chi connectivity index (χ1n) is 8.25. The highest BCUT2D eigenvalue weighted by molar-refractivity contribution is 7.98. The highest BCUT2D eigenvalue weighted by Gasteiger charge is 2.29. The lowest BCUT2D eigenvalue weighted by molar-refractivity contribution is -0.136. The number of carboxylic acid groups (broad SMARTS) is 1. The fourth-order valence-corrected chi connectivity index (χ4v) is 3.25. The van der Waals surface area contributed by atoms with Crippen LogP contribution in [-0.4, -0.2) is 22.7 Å². The Bertz CT molecular complexity index is 775. The number of hydrogen-bond donors (Lipinski definition) is 2. The minimum absolute atomic E-state index is 0.132. The number of aliphatic carboxylic acids is 1. The maximum absolute atomic E-state index is 13.1. The molecule has 0 atom stereocenters. The lowest BCUT2D eigenvalue weighted by Gasteiger charge is -2.24. The van der Waals surface area contributed by atoms with Gasteiger partial charge in [-0.1, -0.05) is 24.3 Å². The van der Waals surface area contributed by atoms with Gasteiger partial charge in [-0.2, -0.15) is 11.8 Å². The van der Waals surface area contributed by atoms with Gasteiger partial charge < -0.3 is 10.4 Å². The summed E-state index contributed by atoms with van der Waals surface area (Å²) in [5.74, 6) is -0.0959. The number of benzene rings is 2. The Morgan fingerprint density at radius 1 is 1.15 bits per heavy atom. The number of amides is 1. The molecule has 0 spiro atoms. The van der Waals surface area contributed by atoms with E-state index in [2.05, 4.69) is 5.32 Å². The molecule has 0 unspecified atom stereocenters. The first-order chi connectivity index (χ1) is 12.3. The minimum Gasteiger partial charge on any atom is -0.481 e. The number of carbonyl (C=O) groups is 2. The highest BCUT2D eigenvalue weighted by Crippen LogP contribution is 2.26. The molecule has 2 rings (SSSR count). The molecule has 2 aromatic rings. The third kappa shape index (κ3) is 5.59. The van der Waals surface area contributed by atoms with Crippen LogP contribution >= 0.6 is 11.8 Å². The molecule has 0 fully saturated rings. The molecule has 0 aromatic heterocycles. The fourth-order valence-electron chi connectivity index (χ4n) is 2.37. The van der Waals surface area contributed by atoms with Crippen LogP contribution < -0.4 is 5.32 Å². The van der Waals surface area contributed by atoms with Gasteiger partial charge in [-0.05, 0) is 49.2 Å². The molecule has 26 heavy (non-hydrogen) atoms. The molecule has 0 saturated carbocycles. The normalized spacial score (nSPS) is 11.2. The molecule has 138 valence electrons. The van der Waals surface area contributed by atoms with Crippen LogP contribution in [0.3, 0.4) is 0 Å². The molecule has 2 aromatic carbocycles. The monoisotopic (exact) mass is 375 g/mol. The number of hydrogen-bond acceptors (Lipinski definition) is 3. The summed E-state index contributed by atoms with van der Waals surface area (Å²) in [7, 11) is 0. The number of rotatable bonds is 8. The molecule has 0 aliphatic rings. The van der Waals surface area contributed by atoms with Crippen molar-refractivity contribution in [2.24, 2.45) is 0 Å². The first kappa shape index (κ1) is 20.0. The van der Waals surface area contributed by atoms with Crippen LogP contribution in [0.5, 0.6) is 0 Å². The van der Waals surface area contributed by atoms with Gasteiger partial charge in [-0.25, -0.2) is 4.39 Å². The van der Waals surface area contributed by atoms with Crippen molar-refractivity contribution in [2.75, 3.05) is 11.1 Å². The van der Waals surface area contributed by atoms with Gasteiger partial charge >= 0.3 is 5.97 Å². The largest absolute Gasteiger partial charge is 0.481 e. The van der Waals surface area contributed by atoms with Gasteiger partial charge in [0.05, 0.1) is 11.8 Å². The van der Waals surface area contributed by atoms with E-state index in [1.54, 1.807) is 26.0 Å². The number of carbonyl (C=O) groups excluding carboxylic acids is 1. The molecule has 0 saturated heterocycles. The zero-order chi connectivity index (χ0) is 19.2. The second-order valence-electron chi connectivity index (χ2n) is 6.48. The van der Waals surface area contributed by atoms with E-state index in [0.29, 0.717) is 17.2 Å². The minimum atomic E-state index is -0.806. The Hall–Kier alpha value is -2.34. The third-order valence-electron chi connectivity index (χ3n) is 4.05. The van der Waals surface area contributed by atoms with E-state index in [0.717, 1.165) is 11.1 Å². The van der Waals surface area contributed by atoms with Gasteiger partial charge in [0.2, 0.25) is 5.91 Å². The second kappa shape index (κ2) is 8.85. The maximum atomic E-state index is 13.1. The topological polar surface area (TPSA) is 66.4 Å². The lowest BCUT2D eigenvalue weighted by atomic mass is 9.83. The smallest absolute Gasteiger partial charge is 0.304 e. The molecule has 4 nitrogen and oxygen atoms in total. The van der Waals surface area contributed by atoms with E-state index < -0.39 is 11.4 Å². The van der Waals surface area contributed by atoms with Crippen LogP contribution in [-0.2, 0) is 20.8 Å². The summed E-state index contributed by atoms with van der Waals surface area (Å²) in [5.41, 5.74) is 1.62. The quantitative estimate of drug-likeness (QED) is 0.669. The zero-order valence-corrected chi connectivity index (χ0v) is 15.6. The molecule has 2 N–H and O–H groups in total. The standard InChI is InChI=1S/C20H22FNO3S/c1-20(2,15-6-8-16(21)9-7-15)19(25)22-17-5-3-4-14(12-17)13-26-11-10-18(23)24/h3-9,12H,10-11,13H2,1-2H3,(H,22,25)(H,23,24). The summed E-state index contributed by atoms with van der Waals surface area (Å²) in [6.07, 6.45) is 0.132. The first-order valence-corrected chi connectivity index (χ1v) is 9.40. The number of thioether (sulfide) groups is 1. The van der Waals surface area contributed by atoms with Crippen LogP contribution in [0.1, 0.15) is 31.4 Å². The Morgan fingerprint density at radius 2 is 1.85 bits per heavy atom. The van der Waals surface area contributed by atoms with Gasteiger partial charge in [-0.15, -0.1) is 0 Å². The van der Waals surface area contributed by atoms with Gasteiger partial charge in [0.25, 0.3) is 0 Å². The second-order valence-corrected chi connectivity index (χ2v) is 7.59. The molecule has 0 aliphatic carbocycles. The molecule has 0 radical (unpaired) electrons. The molecule has 6 heteroatoms. The Balaban J connectivity index is 2.00. The van der Waals surface area contributed by atoms with E-state index in [-0.39, 0.29) is 18.1 Å². The van der Waals surface area contributed by atoms with Crippen molar-refractivity contribution in [1.29, 1.82) is 0 Å². The Kier molecular flexibility index (Phi) is 6.80. The number of carboxylic acids is 1. The average molecular weight is 375 g/mol. The van der Waals surface area contributed by atoms with Gasteiger partial charge in [0.1, 0.15) is 5.82 Å². The van der Waals surface area contributed by atoms with Gasteiger partial charge in [-0.3, -0.25) is 9.59 Å². The summed E-state index contributed by atoms with van der Waals surface area (Å²) in [5, 5.41) is 11.6. The molecule has 0 aliphatic heterocycles. The van der Waals surface area contributed by atoms with Crippen molar-refractivity contribution in [1.82, 2.24) is 0 Å². The van der Waals surface area contributed by atoms with Crippen molar-refractivity contribution in [2.45, 2.75) is 31.4 Å². The maximum Gasteiger partial charge on any atom is 0.304 e. The van der Waals surface area contributed by atoms with Crippen LogP contribution in [0, 0.1) is 5.82 Å². The summed E-state index contributed by atoms with van der Waals surface area (Å²) in [6, 6.07) is 13.4. The number of nitrogens with one attached hydrogen (secondary N) is 1. The van der Waals surface area contributed by atoms with Crippen molar-refractivity contribution >= 4 is 29.3 Å². The van der Waals surface area contributed by atoms with Crippen LogP contribution in [0.25, 0.3) is 0 Å². The van der Waals surface area contributed by atoms with Crippen molar-refractivity contribution < 1.29 is 19.1 Å². The Morgan fingerprint density at radius 3 is 2.50 bits per heavy atom. The highest BCUT2D eigenvalue weighted by atomic mass is 32.2. The van der Waals surface area contributed by atoms with Crippen LogP contribution in [0.2, 0.25) is 0 Å². The average Bonchev–Trinajstić information content (AvgIpc) is 2.59. The van der Waals surface area contributed by atoms with Crippen molar-refractivity contribution in [3.8, 4) is 0 Å². The SMILES string of the molecule is CC(C)(C(=O)Nc1cccc(CSCCC(=O)O)c1)c1ccc(F)cc1. The summed E-state index contributed by atoms with van der Waals surface area (Å²) >= 11 is 1.54. The van der Waals surface area contributed by atoms with E-state index in [4.69, 9.17) is 5.11 Å². The molecular weight excluding hydrogens is 353 g/mol. The molecule has 1 amide bonds. The van der Waals surface area contributed by atoms with E-state index in [9.17, 15) is 14.0 Å². The summed E-state index contributed by atoms with van der Waals surface area (Å²) in [6.45, 7) is 3.59. The van der Waals surface area contributed by atoms with Crippen LogP contribution in [0.15, 0.2) is 48.5 Å². The van der Waals surface area contributed by atoms with Gasteiger partial charge in [0, 0.05) is 17.2 Å². The molecular formula is C20H22FNO3S. The number of halogens is 1.